The summed E-state index contributed by atoms with van der Waals surface area (Å²) in [6, 6.07) is 10.1. The van der Waals surface area contributed by atoms with Crippen molar-refractivity contribution in [2.45, 2.75) is 20.0 Å². The number of likely N-dealkylation sites (N-methyl/N-ethyl adjacent to an activating group) is 1. The number of carbonyl (C=O) groups excluding carboxylic acids is 1. The van der Waals surface area contributed by atoms with Crippen molar-refractivity contribution < 1.29 is 13.9 Å². The maximum absolute atomic E-state index is 13.6. The fourth-order valence-corrected chi connectivity index (χ4v) is 3.89. The fraction of sp³-hybridized carbons (Fsp3) is 0.391. The molecule has 2 N–H and O–H groups in total. The molecule has 1 saturated heterocycles. The predicted molar refractivity (Wildman–Crippen MR) is 120 cm³/mol. The van der Waals surface area contributed by atoms with Crippen LogP contribution in [-0.4, -0.2) is 59.4 Å². The van der Waals surface area contributed by atoms with Crippen LogP contribution in [0.15, 0.2) is 36.4 Å². The van der Waals surface area contributed by atoms with Crippen molar-refractivity contribution in [3.63, 3.8) is 0 Å². The van der Waals surface area contributed by atoms with Crippen LogP contribution >= 0.6 is 0 Å². The number of fused-ring (bicyclic) bond motifs is 1. The second-order valence-electron chi connectivity index (χ2n) is 7.88. The van der Waals surface area contributed by atoms with Crippen LogP contribution in [-0.2, 0) is 11.8 Å². The maximum atomic E-state index is 13.6. The average molecular weight is 426 g/mol. The molecule has 2 aromatic carbocycles. The molecule has 8 heteroatoms. The number of urea groups is 1. The van der Waals surface area contributed by atoms with Crippen LogP contribution in [0, 0.1) is 12.7 Å². The first kappa shape index (κ1) is 21.3. The summed E-state index contributed by atoms with van der Waals surface area (Å²) in [5.41, 5.74) is 3.92. The van der Waals surface area contributed by atoms with Crippen molar-refractivity contribution >= 4 is 22.8 Å². The zero-order valence-corrected chi connectivity index (χ0v) is 18.1. The van der Waals surface area contributed by atoms with Crippen LogP contribution in [0.1, 0.15) is 12.5 Å². The number of aromatic nitrogens is 2. The predicted octanol–water partition coefficient (Wildman–Crippen LogP) is 3.53. The maximum Gasteiger partial charge on any atom is 0.319 e. The molecule has 164 valence electrons. The van der Waals surface area contributed by atoms with Gasteiger partial charge in [-0.1, -0.05) is 19.1 Å². The molecule has 3 aromatic rings. The number of carbonyl (C=O) groups is 1. The molecule has 1 aliphatic heterocycles. The van der Waals surface area contributed by atoms with Gasteiger partial charge in [0.15, 0.2) is 0 Å². The van der Waals surface area contributed by atoms with Gasteiger partial charge in [-0.2, -0.15) is 0 Å². The van der Waals surface area contributed by atoms with Crippen LogP contribution in [0.4, 0.5) is 14.9 Å². The molecule has 7 nitrogen and oxygen atoms in total. The highest BCUT2D eigenvalue weighted by atomic mass is 19.1. The summed E-state index contributed by atoms with van der Waals surface area (Å²) in [6.45, 7) is 7.93. The number of hydrogen-bond acceptors (Lipinski definition) is 4. The van der Waals surface area contributed by atoms with E-state index in [0.29, 0.717) is 30.2 Å². The topological polar surface area (TPSA) is 71.4 Å². The highest BCUT2D eigenvalue weighted by Crippen LogP contribution is 2.28. The van der Waals surface area contributed by atoms with Crippen molar-refractivity contribution in [2.24, 2.45) is 7.05 Å². The number of anilines is 1. The number of ether oxygens (including phenoxy) is 1. The van der Waals surface area contributed by atoms with E-state index in [1.54, 1.807) is 6.07 Å². The Hall–Kier alpha value is -2.97. The Balaban J connectivity index is 1.47. The molecule has 0 spiro atoms. The summed E-state index contributed by atoms with van der Waals surface area (Å²) < 4.78 is 21.2. The van der Waals surface area contributed by atoms with Crippen molar-refractivity contribution in [3.05, 3.63) is 47.8 Å². The lowest BCUT2D eigenvalue weighted by molar-refractivity contribution is -0.0238. The van der Waals surface area contributed by atoms with E-state index in [1.165, 1.54) is 12.1 Å². The summed E-state index contributed by atoms with van der Waals surface area (Å²) in [4.78, 5) is 19.4. The number of nitrogens with zero attached hydrogens (tertiary/aromatic N) is 3. The van der Waals surface area contributed by atoms with E-state index in [0.717, 1.165) is 36.3 Å². The smallest absolute Gasteiger partial charge is 0.319 e. The van der Waals surface area contributed by atoms with Gasteiger partial charge < -0.3 is 19.9 Å². The van der Waals surface area contributed by atoms with E-state index in [2.05, 4.69) is 27.4 Å². The summed E-state index contributed by atoms with van der Waals surface area (Å²) in [6.07, 6.45) is -0.00715. The minimum absolute atomic E-state index is 0.00715. The quantitative estimate of drug-likeness (QED) is 0.656. The monoisotopic (exact) mass is 425 g/mol. The van der Waals surface area contributed by atoms with E-state index in [9.17, 15) is 9.18 Å². The van der Waals surface area contributed by atoms with Gasteiger partial charge in [-0.3, -0.25) is 4.90 Å². The fourth-order valence-electron chi connectivity index (χ4n) is 3.89. The van der Waals surface area contributed by atoms with Crippen molar-refractivity contribution in [2.75, 3.05) is 38.1 Å². The molecule has 1 aliphatic rings. The number of amides is 2. The van der Waals surface area contributed by atoms with Gasteiger partial charge in [-0.05, 0) is 37.2 Å². The number of benzene rings is 2. The van der Waals surface area contributed by atoms with E-state index in [-0.39, 0.29) is 18.0 Å². The molecule has 2 heterocycles. The lowest BCUT2D eigenvalue weighted by Crippen LogP contribution is -2.47. The number of imidazole rings is 1. The van der Waals surface area contributed by atoms with Crippen LogP contribution in [0.3, 0.4) is 0 Å². The Labute approximate surface area is 181 Å². The Bertz CT molecular complexity index is 1100. The largest absolute Gasteiger partial charge is 0.374 e. The summed E-state index contributed by atoms with van der Waals surface area (Å²) in [7, 11) is 1.89. The molecular weight excluding hydrogens is 397 g/mol. The van der Waals surface area contributed by atoms with E-state index in [1.807, 2.05) is 36.7 Å². The number of morpholine rings is 1. The first-order valence-electron chi connectivity index (χ1n) is 10.6. The minimum Gasteiger partial charge on any atom is -0.374 e. The Morgan fingerprint density at radius 2 is 2.13 bits per heavy atom. The Kier molecular flexibility index (Phi) is 6.20. The normalized spacial score (nSPS) is 17.1. The first-order valence-corrected chi connectivity index (χ1v) is 10.6. The average Bonchev–Trinajstić information content (AvgIpc) is 3.09. The van der Waals surface area contributed by atoms with E-state index < -0.39 is 0 Å². The molecular formula is C23H28FN5O2. The van der Waals surface area contributed by atoms with Gasteiger partial charge in [0.05, 0.1) is 23.7 Å². The SMILES string of the molecule is CCN1CCOC(CNC(=O)Nc2cc(-c3nc4cc(F)ccc4n3C)ccc2C)C1. The van der Waals surface area contributed by atoms with Crippen LogP contribution in [0.2, 0.25) is 0 Å². The summed E-state index contributed by atoms with van der Waals surface area (Å²) in [5.74, 6) is 0.392. The molecule has 1 atom stereocenters. The zero-order chi connectivity index (χ0) is 22.0. The molecule has 0 bridgehead atoms. The van der Waals surface area contributed by atoms with E-state index >= 15 is 0 Å². The van der Waals surface area contributed by atoms with Crippen molar-refractivity contribution in [1.29, 1.82) is 0 Å². The van der Waals surface area contributed by atoms with Gasteiger partial charge in [0, 0.05) is 44.0 Å². The molecule has 4 rings (SSSR count). The Morgan fingerprint density at radius 3 is 2.94 bits per heavy atom. The second-order valence-corrected chi connectivity index (χ2v) is 7.88. The summed E-state index contributed by atoms with van der Waals surface area (Å²) in [5, 5.41) is 5.84. The molecule has 0 aliphatic carbocycles. The molecule has 0 radical (unpaired) electrons. The van der Waals surface area contributed by atoms with Crippen LogP contribution < -0.4 is 10.6 Å². The van der Waals surface area contributed by atoms with Crippen molar-refractivity contribution in [1.82, 2.24) is 19.8 Å². The van der Waals surface area contributed by atoms with Gasteiger partial charge in [0.1, 0.15) is 11.6 Å². The number of aryl methyl sites for hydroxylation is 2. The number of nitrogens with one attached hydrogen (secondary N) is 2. The highest BCUT2D eigenvalue weighted by molar-refractivity contribution is 5.91. The van der Waals surface area contributed by atoms with Gasteiger partial charge in [-0.15, -0.1) is 0 Å². The van der Waals surface area contributed by atoms with Crippen LogP contribution in [0.5, 0.6) is 0 Å². The summed E-state index contributed by atoms with van der Waals surface area (Å²) >= 11 is 0. The molecule has 1 unspecified atom stereocenters. The van der Waals surface area contributed by atoms with Crippen LogP contribution in [0.25, 0.3) is 22.4 Å². The third kappa shape index (κ3) is 4.70. The third-order valence-corrected chi connectivity index (χ3v) is 5.75. The third-order valence-electron chi connectivity index (χ3n) is 5.75. The van der Waals surface area contributed by atoms with E-state index in [4.69, 9.17) is 4.74 Å². The van der Waals surface area contributed by atoms with Gasteiger partial charge >= 0.3 is 6.03 Å². The second kappa shape index (κ2) is 9.03. The molecule has 2 amide bonds. The molecule has 0 saturated carbocycles. The Morgan fingerprint density at radius 1 is 1.29 bits per heavy atom. The lowest BCUT2D eigenvalue weighted by atomic mass is 10.1. The minimum atomic E-state index is -0.316. The molecule has 31 heavy (non-hydrogen) atoms. The van der Waals surface area contributed by atoms with Gasteiger partial charge in [-0.25, -0.2) is 14.2 Å². The number of hydrogen-bond donors (Lipinski definition) is 2. The standard InChI is InChI=1S/C23H28FN5O2/c1-4-29-9-10-31-18(14-29)13-25-23(30)27-19-11-16(6-5-15(19)2)22-26-20-12-17(24)7-8-21(20)28(22)3/h5-8,11-12,18H,4,9-10,13-14H2,1-3H3,(H2,25,27,30). The lowest BCUT2D eigenvalue weighted by Gasteiger charge is -2.32. The van der Waals surface area contributed by atoms with Gasteiger partial charge in [0.2, 0.25) is 0 Å². The highest BCUT2D eigenvalue weighted by Gasteiger charge is 2.20. The van der Waals surface area contributed by atoms with Crippen molar-refractivity contribution in [3.8, 4) is 11.4 Å². The number of halogens is 1. The first-order chi connectivity index (χ1) is 14.9. The zero-order valence-electron chi connectivity index (χ0n) is 18.1. The molecule has 1 fully saturated rings. The molecule has 1 aromatic heterocycles. The number of rotatable bonds is 5. The van der Waals surface area contributed by atoms with Gasteiger partial charge in [0.25, 0.3) is 0 Å².